The number of hydrogen-bond acceptors (Lipinski definition) is 7. The highest BCUT2D eigenvalue weighted by Crippen LogP contribution is 2.26. The molecule has 2 aromatic heterocycles. The molecule has 1 aromatic carbocycles. The van der Waals surface area contributed by atoms with Crippen molar-refractivity contribution in [1.82, 2.24) is 15.2 Å². The molecule has 0 N–H and O–H groups in total. The zero-order valence-electron chi connectivity index (χ0n) is 13.2. The average molecular weight is 347 g/mol. The molecule has 0 aliphatic carbocycles. The van der Waals surface area contributed by atoms with Gasteiger partial charge in [0.25, 0.3) is 5.22 Å². The van der Waals surface area contributed by atoms with Gasteiger partial charge in [-0.05, 0) is 31.5 Å². The number of hydrogen-bond donors (Lipinski definition) is 0. The molecule has 3 rings (SSSR count). The maximum absolute atomic E-state index is 5.69. The van der Waals surface area contributed by atoms with Gasteiger partial charge in [-0.15, -0.1) is 21.5 Å². The molecule has 5 nitrogen and oxygen atoms in total. The molecular formula is C16H17N3O2S2. The lowest BCUT2D eigenvalue weighted by Gasteiger charge is -2.00. The molecular weight excluding hydrogens is 330 g/mol. The monoisotopic (exact) mass is 347 g/mol. The lowest BCUT2D eigenvalue weighted by atomic mass is 10.1. The van der Waals surface area contributed by atoms with Crippen LogP contribution in [0.4, 0.5) is 0 Å². The summed E-state index contributed by atoms with van der Waals surface area (Å²) in [5.41, 5.74) is 2.20. The van der Waals surface area contributed by atoms with Crippen LogP contribution < -0.4 is 4.74 Å². The van der Waals surface area contributed by atoms with E-state index in [1.165, 1.54) is 16.6 Å². The van der Waals surface area contributed by atoms with Gasteiger partial charge in [0.2, 0.25) is 5.89 Å². The van der Waals surface area contributed by atoms with Gasteiger partial charge >= 0.3 is 0 Å². The van der Waals surface area contributed by atoms with Crippen molar-refractivity contribution >= 4 is 23.1 Å². The van der Waals surface area contributed by atoms with E-state index < -0.39 is 0 Å². The van der Waals surface area contributed by atoms with Gasteiger partial charge in [0.1, 0.15) is 10.8 Å². The minimum absolute atomic E-state index is 0.582. The summed E-state index contributed by atoms with van der Waals surface area (Å²) in [6.45, 7) is 4.11. The van der Waals surface area contributed by atoms with Crippen molar-refractivity contribution in [3.63, 3.8) is 0 Å². The fraction of sp³-hybridized carbons (Fsp3) is 0.312. The Morgan fingerprint density at radius 1 is 1.17 bits per heavy atom. The van der Waals surface area contributed by atoms with Crippen LogP contribution in [0.15, 0.2) is 33.9 Å². The van der Waals surface area contributed by atoms with Gasteiger partial charge < -0.3 is 9.15 Å². The van der Waals surface area contributed by atoms with Crippen LogP contribution in [0.1, 0.15) is 27.0 Å². The molecule has 0 spiro atoms. The Kier molecular flexibility index (Phi) is 4.97. The van der Waals surface area contributed by atoms with E-state index in [-0.39, 0.29) is 0 Å². The van der Waals surface area contributed by atoms with Crippen molar-refractivity contribution < 1.29 is 9.15 Å². The first-order chi connectivity index (χ1) is 11.1. The standard InChI is InChI=1S/C16H17N3O2S2/c1-10-11(2)23-15(17-10)9-22-16-19-18-14(21-16)8-12-4-6-13(20-3)7-5-12/h4-7H,8-9H2,1-3H3. The second kappa shape index (κ2) is 7.14. The lowest BCUT2D eigenvalue weighted by Crippen LogP contribution is -1.89. The van der Waals surface area contributed by atoms with E-state index in [9.17, 15) is 0 Å². The van der Waals surface area contributed by atoms with Crippen LogP contribution in [0.2, 0.25) is 0 Å². The molecule has 0 aliphatic heterocycles. The Labute approximate surface area is 143 Å². The van der Waals surface area contributed by atoms with E-state index in [4.69, 9.17) is 9.15 Å². The largest absolute Gasteiger partial charge is 0.497 e. The van der Waals surface area contributed by atoms with E-state index in [0.717, 1.165) is 27.8 Å². The SMILES string of the molecule is COc1ccc(Cc2nnc(SCc3nc(C)c(C)s3)o2)cc1. The Balaban J connectivity index is 1.58. The summed E-state index contributed by atoms with van der Waals surface area (Å²) in [5.74, 6) is 2.21. The van der Waals surface area contributed by atoms with Gasteiger partial charge in [-0.25, -0.2) is 4.98 Å². The van der Waals surface area contributed by atoms with Crippen LogP contribution >= 0.6 is 23.1 Å². The molecule has 2 heterocycles. The van der Waals surface area contributed by atoms with Gasteiger partial charge in [0, 0.05) is 4.88 Å². The predicted octanol–water partition coefficient (Wildman–Crippen LogP) is 4.03. The zero-order valence-corrected chi connectivity index (χ0v) is 14.8. The van der Waals surface area contributed by atoms with Crippen LogP contribution in [-0.4, -0.2) is 22.3 Å². The maximum atomic E-state index is 5.69. The second-order valence-electron chi connectivity index (χ2n) is 5.02. The molecule has 0 unspecified atom stereocenters. The minimum atomic E-state index is 0.582. The summed E-state index contributed by atoms with van der Waals surface area (Å²) in [6, 6.07) is 7.84. The number of thioether (sulfide) groups is 1. The summed E-state index contributed by atoms with van der Waals surface area (Å²) in [7, 11) is 1.65. The third-order valence-electron chi connectivity index (χ3n) is 3.35. The van der Waals surface area contributed by atoms with Crippen molar-refractivity contribution in [2.75, 3.05) is 7.11 Å². The van der Waals surface area contributed by atoms with Crippen molar-refractivity contribution in [2.24, 2.45) is 0 Å². The second-order valence-corrected chi connectivity index (χ2v) is 7.24. The molecule has 3 aromatic rings. The minimum Gasteiger partial charge on any atom is -0.497 e. The number of rotatable bonds is 6. The fourth-order valence-electron chi connectivity index (χ4n) is 2.01. The highest BCUT2D eigenvalue weighted by molar-refractivity contribution is 7.98. The number of aromatic nitrogens is 3. The van der Waals surface area contributed by atoms with Crippen molar-refractivity contribution in [3.05, 3.63) is 51.3 Å². The average Bonchev–Trinajstić information content (AvgIpc) is 3.13. The van der Waals surface area contributed by atoms with E-state index >= 15 is 0 Å². The van der Waals surface area contributed by atoms with Gasteiger partial charge in [0.15, 0.2) is 0 Å². The topological polar surface area (TPSA) is 61.0 Å². The van der Waals surface area contributed by atoms with Gasteiger partial charge in [-0.2, -0.15) is 0 Å². The van der Waals surface area contributed by atoms with Crippen LogP contribution in [0.5, 0.6) is 5.75 Å². The van der Waals surface area contributed by atoms with Crippen molar-refractivity contribution in [1.29, 1.82) is 0 Å². The molecule has 23 heavy (non-hydrogen) atoms. The third kappa shape index (κ3) is 4.11. The number of benzene rings is 1. The predicted molar refractivity (Wildman–Crippen MR) is 91.2 cm³/mol. The molecule has 7 heteroatoms. The molecule has 0 bridgehead atoms. The van der Waals surface area contributed by atoms with E-state index in [2.05, 4.69) is 22.1 Å². The molecule has 0 aliphatic rings. The van der Waals surface area contributed by atoms with Crippen molar-refractivity contribution in [2.45, 2.75) is 31.2 Å². The first-order valence-corrected chi connectivity index (χ1v) is 8.95. The fourth-order valence-corrected chi connectivity index (χ4v) is 3.72. The lowest BCUT2D eigenvalue weighted by molar-refractivity contribution is 0.413. The highest BCUT2D eigenvalue weighted by atomic mass is 32.2. The van der Waals surface area contributed by atoms with E-state index in [1.54, 1.807) is 18.4 Å². The first-order valence-electron chi connectivity index (χ1n) is 7.15. The summed E-state index contributed by atoms with van der Waals surface area (Å²) >= 11 is 3.23. The van der Waals surface area contributed by atoms with Crippen LogP contribution in [0, 0.1) is 13.8 Å². The Morgan fingerprint density at radius 2 is 1.96 bits per heavy atom. The number of thiazole rings is 1. The smallest absolute Gasteiger partial charge is 0.276 e. The quantitative estimate of drug-likeness (QED) is 0.627. The Morgan fingerprint density at radius 3 is 2.61 bits per heavy atom. The van der Waals surface area contributed by atoms with Crippen molar-refractivity contribution in [3.8, 4) is 5.75 Å². The molecule has 120 valence electrons. The number of methoxy groups -OCH3 is 1. The molecule has 0 radical (unpaired) electrons. The van der Waals surface area contributed by atoms with Gasteiger partial charge in [-0.3, -0.25) is 0 Å². The molecule has 0 amide bonds. The third-order valence-corrected chi connectivity index (χ3v) is 5.44. The number of nitrogens with zero attached hydrogens (tertiary/aromatic N) is 3. The van der Waals surface area contributed by atoms with Crippen LogP contribution in [0.25, 0.3) is 0 Å². The Hall–Kier alpha value is -1.86. The molecule has 0 fully saturated rings. The Bertz CT molecular complexity index is 761. The summed E-state index contributed by atoms with van der Waals surface area (Å²) in [6.07, 6.45) is 0.618. The van der Waals surface area contributed by atoms with Gasteiger partial charge in [-0.1, -0.05) is 23.9 Å². The summed E-state index contributed by atoms with van der Waals surface area (Å²) in [4.78, 5) is 5.77. The van der Waals surface area contributed by atoms with Crippen LogP contribution in [-0.2, 0) is 12.2 Å². The molecule has 0 atom stereocenters. The summed E-state index contributed by atoms with van der Waals surface area (Å²) in [5, 5.41) is 9.86. The zero-order chi connectivity index (χ0) is 16.2. The molecule has 0 saturated heterocycles. The molecule has 0 saturated carbocycles. The van der Waals surface area contributed by atoms with Gasteiger partial charge in [0.05, 0.1) is 25.0 Å². The number of aryl methyl sites for hydroxylation is 2. The summed E-state index contributed by atoms with van der Waals surface area (Å²) < 4.78 is 10.8. The maximum Gasteiger partial charge on any atom is 0.276 e. The first kappa shape index (κ1) is 16.0. The van der Waals surface area contributed by atoms with Crippen LogP contribution in [0.3, 0.4) is 0 Å². The van der Waals surface area contributed by atoms with E-state index in [1.807, 2.05) is 31.2 Å². The highest BCUT2D eigenvalue weighted by Gasteiger charge is 2.10. The number of ether oxygens (including phenoxy) is 1. The van der Waals surface area contributed by atoms with E-state index in [0.29, 0.717) is 17.5 Å². The normalized spacial score (nSPS) is 10.9.